The summed E-state index contributed by atoms with van der Waals surface area (Å²) < 4.78 is 5.42. The summed E-state index contributed by atoms with van der Waals surface area (Å²) in [6.45, 7) is 10.8. The van der Waals surface area contributed by atoms with Crippen LogP contribution < -0.4 is 0 Å². The summed E-state index contributed by atoms with van der Waals surface area (Å²) in [5.41, 5.74) is 3.14. The van der Waals surface area contributed by atoms with E-state index in [0.717, 1.165) is 18.5 Å². The Hall–Kier alpha value is -1.77. The molecule has 102 valence electrons. The number of hydrogen-bond donors (Lipinski definition) is 0. The van der Waals surface area contributed by atoms with Crippen LogP contribution in [0.5, 0.6) is 0 Å². The van der Waals surface area contributed by atoms with Gasteiger partial charge in [0.2, 0.25) is 0 Å². The lowest BCUT2D eigenvalue weighted by Crippen LogP contribution is -2.39. The molecule has 0 aliphatic carbocycles. The van der Waals surface area contributed by atoms with Gasteiger partial charge in [0.05, 0.1) is 0 Å². The van der Waals surface area contributed by atoms with Crippen LogP contribution in [-0.4, -0.2) is 23.1 Å². The van der Waals surface area contributed by atoms with E-state index in [1.807, 2.05) is 26.8 Å². The molecule has 3 nitrogen and oxygen atoms in total. The van der Waals surface area contributed by atoms with Crippen molar-refractivity contribution in [3.8, 4) is 0 Å². The number of nitrogens with zero attached hydrogens (tertiary/aromatic N) is 1. The van der Waals surface area contributed by atoms with Crippen LogP contribution in [0.2, 0.25) is 0 Å². The first-order chi connectivity index (χ1) is 8.89. The summed E-state index contributed by atoms with van der Waals surface area (Å²) >= 11 is 0. The predicted molar refractivity (Wildman–Crippen MR) is 76.9 cm³/mol. The Labute approximate surface area is 114 Å². The Bertz CT molecular complexity index is 500. The molecule has 0 aromatic heterocycles. The van der Waals surface area contributed by atoms with E-state index >= 15 is 0 Å². The van der Waals surface area contributed by atoms with Gasteiger partial charge < -0.3 is 9.64 Å². The van der Waals surface area contributed by atoms with Crippen LogP contribution in [0.3, 0.4) is 0 Å². The van der Waals surface area contributed by atoms with Crippen LogP contribution in [0.15, 0.2) is 24.8 Å². The van der Waals surface area contributed by atoms with Gasteiger partial charge >= 0.3 is 6.09 Å². The minimum atomic E-state index is -0.444. The number of ether oxygens (including phenoxy) is 1. The van der Waals surface area contributed by atoms with Crippen LogP contribution in [0.4, 0.5) is 4.79 Å². The fourth-order valence-electron chi connectivity index (χ4n) is 2.19. The number of rotatable bonds is 1. The van der Waals surface area contributed by atoms with Crippen molar-refractivity contribution in [3.05, 3.63) is 41.5 Å². The molecule has 1 aliphatic heterocycles. The molecular weight excluding hydrogens is 238 g/mol. The zero-order valence-electron chi connectivity index (χ0n) is 11.9. The molecule has 0 saturated heterocycles. The van der Waals surface area contributed by atoms with Crippen LogP contribution in [0.1, 0.15) is 37.5 Å². The maximum absolute atomic E-state index is 12.1. The molecule has 0 atom stereocenters. The number of benzene rings is 1. The van der Waals surface area contributed by atoms with E-state index in [-0.39, 0.29) is 6.09 Å². The van der Waals surface area contributed by atoms with Crippen molar-refractivity contribution in [1.29, 1.82) is 0 Å². The van der Waals surface area contributed by atoms with Gasteiger partial charge in [-0.15, -0.1) is 0 Å². The van der Waals surface area contributed by atoms with Gasteiger partial charge in [0.25, 0.3) is 0 Å². The van der Waals surface area contributed by atoms with Crippen LogP contribution >= 0.6 is 0 Å². The summed E-state index contributed by atoms with van der Waals surface area (Å²) in [4.78, 5) is 13.8. The van der Waals surface area contributed by atoms with E-state index in [2.05, 4.69) is 24.8 Å². The first-order valence-electron chi connectivity index (χ1n) is 6.61. The molecule has 1 heterocycles. The minimum absolute atomic E-state index is 0.234. The van der Waals surface area contributed by atoms with Crippen LogP contribution in [-0.2, 0) is 17.7 Å². The van der Waals surface area contributed by atoms with E-state index in [1.54, 1.807) is 4.90 Å². The summed E-state index contributed by atoms with van der Waals surface area (Å²) in [5.74, 6) is 0. The highest BCUT2D eigenvalue weighted by molar-refractivity contribution is 5.69. The van der Waals surface area contributed by atoms with E-state index in [9.17, 15) is 4.79 Å². The number of amides is 1. The summed E-state index contributed by atoms with van der Waals surface area (Å²) in [5, 5.41) is 0. The van der Waals surface area contributed by atoms with Gasteiger partial charge in [0.1, 0.15) is 5.60 Å². The molecular formula is C16H21NO2. The number of fused-ring (bicyclic) bond motifs is 1. The van der Waals surface area contributed by atoms with Crippen molar-refractivity contribution < 1.29 is 9.53 Å². The van der Waals surface area contributed by atoms with Gasteiger partial charge in [-0.05, 0) is 49.9 Å². The zero-order chi connectivity index (χ0) is 14.0. The predicted octanol–water partition coefficient (Wildman–Crippen LogP) is 3.62. The molecule has 1 aromatic rings. The lowest BCUT2D eigenvalue weighted by atomic mass is 9.97. The van der Waals surface area contributed by atoms with E-state index in [0.29, 0.717) is 6.54 Å². The molecule has 1 amide bonds. The van der Waals surface area contributed by atoms with Gasteiger partial charge in [-0.3, -0.25) is 0 Å². The van der Waals surface area contributed by atoms with Crippen molar-refractivity contribution in [1.82, 2.24) is 4.90 Å². The van der Waals surface area contributed by atoms with Crippen LogP contribution in [0, 0.1) is 0 Å². The monoisotopic (exact) mass is 259 g/mol. The highest BCUT2D eigenvalue weighted by Crippen LogP contribution is 2.22. The van der Waals surface area contributed by atoms with Crippen molar-refractivity contribution in [2.75, 3.05) is 6.54 Å². The molecule has 1 aliphatic rings. The topological polar surface area (TPSA) is 29.5 Å². The Morgan fingerprint density at radius 3 is 2.74 bits per heavy atom. The summed E-state index contributed by atoms with van der Waals surface area (Å²) in [6.07, 6.45) is 2.47. The van der Waals surface area contributed by atoms with Gasteiger partial charge in [0.15, 0.2) is 0 Å². The van der Waals surface area contributed by atoms with Gasteiger partial charge in [-0.1, -0.05) is 24.8 Å². The Balaban J connectivity index is 2.12. The summed E-state index contributed by atoms with van der Waals surface area (Å²) in [7, 11) is 0. The maximum atomic E-state index is 12.1. The molecule has 0 spiro atoms. The average molecular weight is 259 g/mol. The Morgan fingerprint density at radius 2 is 2.11 bits per heavy atom. The first-order valence-corrected chi connectivity index (χ1v) is 6.61. The second-order valence-corrected chi connectivity index (χ2v) is 5.88. The Kier molecular flexibility index (Phi) is 3.65. The van der Waals surface area contributed by atoms with Crippen molar-refractivity contribution in [2.45, 2.75) is 39.3 Å². The smallest absolute Gasteiger partial charge is 0.410 e. The fourth-order valence-corrected chi connectivity index (χ4v) is 2.19. The molecule has 0 saturated carbocycles. The average Bonchev–Trinajstić information content (AvgIpc) is 2.35. The van der Waals surface area contributed by atoms with Crippen molar-refractivity contribution in [3.63, 3.8) is 0 Å². The third-order valence-corrected chi connectivity index (χ3v) is 3.13. The third kappa shape index (κ3) is 3.37. The normalized spacial score (nSPS) is 14.8. The zero-order valence-corrected chi connectivity index (χ0v) is 11.9. The second-order valence-electron chi connectivity index (χ2n) is 5.88. The molecule has 0 bridgehead atoms. The number of hydrogen-bond acceptors (Lipinski definition) is 2. The Morgan fingerprint density at radius 1 is 1.37 bits per heavy atom. The minimum Gasteiger partial charge on any atom is -0.444 e. The van der Waals surface area contributed by atoms with E-state index in [4.69, 9.17) is 4.74 Å². The second kappa shape index (κ2) is 5.08. The number of carbonyl (C=O) groups excluding carboxylic acids is 1. The lowest BCUT2D eigenvalue weighted by Gasteiger charge is -2.31. The molecule has 0 N–H and O–H groups in total. The first kappa shape index (κ1) is 13.7. The van der Waals surface area contributed by atoms with Gasteiger partial charge in [0, 0.05) is 13.1 Å². The maximum Gasteiger partial charge on any atom is 0.410 e. The standard InChI is InChI=1S/C16H21NO2/c1-5-12-6-7-13-8-9-17(11-14(13)10-12)15(18)19-16(2,3)4/h5-7,10H,1,8-9,11H2,2-4H3. The van der Waals surface area contributed by atoms with Crippen molar-refractivity contribution in [2.24, 2.45) is 0 Å². The van der Waals surface area contributed by atoms with Crippen molar-refractivity contribution >= 4 is 12.2 Å². The van der Waals surface area contributed by atoms with Crippen LogP contribution in [0.25, 0.3) is 6.08 Å². The quantitative estimate of drug-likeness (QED) is 0.771. The van der Waals surface area contributed by atoms with Gasteiger partial charge in [-0.25, -0.2) is 4.79 Å². The molecule has 2 rings (SSSR count). The highest BCUT2D eigenvalue weighted by atomic mass is 16.6. The SMILES string of the molecule is C=Cc1ccc2c(c1)CN(C(=O)OC(C)(C)C)CC2. The van der Waals surface area contributed by atoms with Gasteiger partial charge in [-0.2, -0.15) is 0 Å². The molecule has 19 heavy (non-hydrogen) atoms. The molecule has 0 radical (unpaired) electrons. The largest absolute Gasteiger partial charge is 0.444 e. The molecule has 0 fully saturated rings. The van der Waals surface area contributed by atoms with E-state index < -0.39 is 5.60 Å². The third-order valence-electron chi connectivity index (χ3n) is 3.13. The molecule has 0 unspecified atom stereocenters. The summed E-state index contributed by atoms with van der Waals surface area (Å²) in [6, 6.07) is 6.28. The molecule has 1 aromatic carbocycles. The highest BCUT2D eigenvalue weighted by Gasteiger charge is 2.25. The fraction of sp³-hybridized carbons (Fsp3) is 0.438. The molecule has 3 heteroatoms. The number of carbonyl (C=O) groups is 1. The lowest BCUT2D eigenvalue weighted by molar-refractivity contribution is 0.0224. The van der Waals surface area contributed by atoms with E-state index in [1.165, 1.54) is 11.1 Å².